The van der Waals surface area contributed by atoms with Gasteiger partial charge in [0.2, 0.25) is 0 Å². The number of hydrogen-bond acceptors (Lipinski definition) is 3. The van der Waals surface area contributed by atoms with E-state index >= 15 is 0 Å². The number of benzene rings is 2. The molecule has 0 fully saturated rings. The van der Waals surface area contributed by atoms with Gasteiger partial charge in [0.05, 0.1) is 16.1 Å². The Labute approximate surface area is 172 Å². The first-order valence-corrected chi connectivity index (χ1v) is 9.36. The zero-order chi connectivity index (χ0) is 19.1. The number of pyridine rings is 1. The van der Waals surface area contributed by atoms with E-state index in [-0.39, 0.29) is 5.56 Å². The third-order valence-electron chi connectivity index (χ3n) is 4.05. The Hall–Kier alpha value is -2.34. The Morgan fingerprint density at radius 3 is 2.56 bits per heavy atom. The first-order chi connectivity index (χ1) is 12.9. The summed E-state index contributed by atoms with van der Waals surface area (Å²) < 4.78 is 6.67. The summed E-state index contributed by atoms with van der Waals surface area (Å²) in [6.07, 6.45) is 0. The van der Waals surface area contributed by atoms with Crippen molar-refractivity contribution in [3.63, 3.8) is 0 Å². The lowest BCUT2D eigenvalue weighted by atomic mass is 10.1. The third-order valence-corrected chi connectivity index (χ3v) is 5.11. The van der Waals surface area contributed by atoms with Gasteiger partial charge in [0, 0.05) is 20.4 Å². The van der Waals surface area contributed by atoms with Crippen LogP contribution in [0.2, 0.25) is 10.0 Å². The van der Waals surface area contributed by atoms with Crippen molar-refractivity contribution < 1.29 is 14.3 Å². The van der Waals surface area contributed by atoms with E-state index in [2.05, 4.69) is 20.9 Å². The maximum absolute atomic E-state index is 11.7. The van der Waals surface area contributed by atoms with Gasteiger partial charge in [0.15, 0.2) is 5.76 Å². The summed E-state index contributed by atoms with van der Waals surface area (Å²) in [5, 5.41) is 11.2. The summed E-state index contributed by atoms with van der Waals surface area (Å²) in [4.78, 5) is 16.3. The second-order valence-corrected chi connectivity index (χ2v) is 7.57. The number of aromatic nitrogens is 1. The molecule has 0 radical (unpaired) electrons. The van der Waals surface area contributed by atoms with E-state index in [4.69, 9.17) is 27.6 Å². The van der Waals surface area contributed by atoms with E-state index in [0.717, 1.165) is 4.47 Å². The van der Waals surface area contributed by atoms with Crippen LogP contribution in [0.5, 0.6) is 0 Å². The second kappa shape index (κ2) is 7.00. The molecular formula is C20H10BrCl2NO3. The Bertz CT molecular complexity index is 1200. The molecule has 4 rings (SSSR count). The molecule has 0 aliphatic heterocycles. The van der Waals surface area contributed by atoms with E-state index < -0.39 is 5.97 Å². The molecule has 0 saturated carbocycles. The van der Waals surface area contributed by atoms with Crippen LogP contribution in [0.15, 0.2) is 63.5 Å². The average molecular weight is 463 g/mol. The van der Waals surface area contributed by atoms with Crippen LogP contribution >= 0.6 is 39.1 Å². The summed E-state index contributed by atoms with van der Waals surface area (Å²) in [6, 6.07) is 15.4. The molecule has 4 nitrogen and oxygen atoms in total. The summed E-state index contributed by atoms with van der Waals surface area (Å²) in [5.74, 6) is -0.0770. The minimum Gasteiger partial charge on any atom is -0.478 e. The maximum Gasteiger partial charge on any atom is 0.336 e. The molecule has 27 heavy (non-hydrogen) atoms. The van der Waals surface area contributed by atoms with Gasteiger partial charge in [-0.3, -0.25) is 0 Å². The summed E-state index contributed by atoms with van der Waals surface area (Å²) in [6.45, 7) is 0. The van der Waals surface area contributed by atoms with Gasteiger partial charge in [-0.2, -0.15) is 0 Å². The van der Waals surface area contributed by atoms with Gasteiger partial charge < -0.3 is 9.52 Å². The van der Waals surface area contributed by atoms with Crippen molar-refractivity contribution in [3.05, 3.63) is 74.7 Å². The predicted octanol–water partition coefficient (Wildman–Crippen LogP) is 6.93. The standard InChI is InChI=1S/C20H10BrCl2NO3/c21-10-1-4-16-12(7-10)13(20(25)26)9-17(24-16)19-6-5-18(27-19)14-8-11(22)2-3-15(14)23/h1-9H,(H,25,26). The fraction of sp³-hybridized carbons (Fsp3) is 0. The Morgan fingerprint density at radius 2 is 1.78 bits per heavy atom. The average Bonchev–Trinajstić information content (AvgIpc) is 3.12. The number of aromatic carboxylic acids is 1. The smallest absolute Gasteiger partial charge is 0.336 e. The van der Waals surface area contributed by atoms with Crippen LogP contribution in [-0.2, 0) is 0 Å². The zero-order valence-corrected chi connectivity index (χ0v) is 16.6. The number of fused-ring (bicyclic) bond motifs is 1. The van der Waals surface area contributed by atoms with E-state index in [1.165, 1.54) is 6.07 Å². The van der Waals surface area contributed by atoms with Gasteiger partial charge in [0.1, 0.15) is 11.5 Å². The molecule has 0 bridgehead atoms. The van der Waals surface area contributed by atoms with E-state index in [9.17, 15) is 9.90 Å². The normalized spacial score (nSPS) is 11.1. The monoisotopic (exact) mass is 461 g/mol. The van der Waals surface area contributed by atoms with Gasteiger partial charge >= 0.3 is 5.97 Å². The highest BCUT2D eigenvalue weighted by Gasteiger charge is 2.16. The molecule has 0 amide bonds. The molecule has 0 unspecified atom stereocenters. The van der Waals surface area contributed by atoms with Crippen LogP contribution in [-0.4, -0.2) is 16.1 Å². The summed E-state index contributed by atoms with van der Waals surface area (Å²) >= 11 is 15.6. The SMILES string of the molecule is O=C(O)c1cc(-c2ccc(-c3cc(Cl)ccc3Cl)o2)nc2ccc(Br)cc12. The first-order valence-electron chi connectivity index (χ1n) is 7.81. The van der Waals surface area contributed by atoms with Gasteiger partial charge in [-0.25, -0.2) is 9.78 Å². The van der Waals surface area contributed by atoms with Crippen LogP contribution in [0.1, 0.15) is 10.4 Å². The highest BCUT2D eigenvalue weighted by molar-refractivity contribution is 9.10. The lowest BCUT2D eigenvalue weighted by Gasteiger charge is -2.06. The first kappa shape index (κ1) is 18.0. The lowest BCUT2D eigenvalue weighted by molar-refractivity contribution is 0.0699. The molecule has 0 saturated heterocycles. The van der Waals surface area contributed by atoms with Crippen LogP contribution in [0.4, 0.5) is 0 Å². The van der Waals surface area contributed by atoms with Crippen molar-refractivity contribution in [1.82, 2.24) is 4.98 Å². The van der Waals surface area contributed by atoms with Crippen LogP contribution in [0.25, 0.3) is 33.7 Å². The zero-order valence-electron chi connectivity index (χ0n) is 13.5. The predicted molar refractivity (Wildman–Crippen MR) is 110 cm³/mol. The summed E-state index contributed by atoms with van der Waals surface area (Å²) in [5.41, 5.74) is 1.78. The van der Waals surface area contributed by atoms with Crippen molar-refractivity contribution in [1.29, 1.82) is 0 Å². The highest BCUT2D eigenvalue weighted by Crippen LogP contribution is 2.35. The molecular weight excluding hydrogens is 453 g/mol. The number of furan rings is 1. The number of carbonyl (C=O) groups is 1. The maximum atomic E-state index is 11.7. The van der Waals surface area contributed by atoms with E-state index in [0.29, 0.717) is 43.7 Å². The molecule has 2 aromatic heterocycles. The lowest BCUT2D eigenvalue weighted by Crippen LogP contribution is -2.00. The van der Waals surface area contributed by atoms with Gasteiger partial charge in [-0.15, -0.1) is 0 Å². The Morgan fingerprint density at radius 1 is 1.00 bits per heavy atom. The van der Waals surface area contributed by atoms with Crippen molar-refractivity contribution in [2.45, 2.75) is 0 Å². The molecule has 0 aliphatic rings. The van der Waals surface area contributed by atoms with Crippen molar-refractivity contribution in [2.75, 3.05) is 0 Å². The topological polar surface area (TPSA) is 63.3 Å². The third kappa shape index (κ3) is 3.46. The number of halogens is 3. The molecule has 134 valence electrons. The highest BCUT2D eigenvalue weighted by atomic mass is 79.9. The Kier molecular flexibility index (Phi) is 4.68. The van der Waals surface area contributed by atoms with Gasteiger partial charge in [-0.1, -0.05) is 39.1 Å². The fourth-order valence-corrected chi connectivity index (χ4v) is 3.55. The number of nitrogens with zero attached hydrogens (tertiary/aromatic N) is 1. The Balaban J connectivity index is 1.86. The number of rotatable bonds is 3. The molecule has 0 spiro atoms. The van der Waals surface area contributed by atoms with Crippen molar-refractivity contribution in [3.8, 4) is 22.8 Å². The largest absolute Gasteiger partial charge is 0.478 e. The number of carboxylic acids is 1. The fourth-order valence-electron chi connectivity index (χ4n) is 2.81. The molecule has 7 heteroatoms. The van der Waals surface area contributed by atoms with Crippen LogP contribution in [0.3, 0.4) is 0 Å². The van der Waals surface area contributed by atoms with E-state index in [1.807, 2.05) is 6.07 Å². The molecule has 0 aliphatic carbocycles. The number of hydrogen-bond donors (Lipinski definition) is 1. The molecule has 2 heterocycles. The van der Waals surface area contributed by atoms with Crippen LogP contribution < -0.4 is 0 Å². The van der Waals surface area contributed by atoms with Gasteiger partial charge in [0.25, 0.3) is 0 Å². The minimum absolute atomic E-state index is 0.148. The van der Waals surface area contributed by atoms with E-state index in [1.54, 1.807) is 42.5 Å². The quantitative estimate of drug-likeness (QED) is 0.358. The minimum atomic E-state index is -1.04. The van der Waals surface area contributed by atoms with Crippen molar-refractivity contribution in [2.24, 2.45) is 0 Å². The van der Waals surface area contributed by atoms with Gasteiger partial charge in [-0.05, 0) is 54.6 Å². The number of carboxylic acid groups (broad SMARTS) is 1. The molecule has 2 aromatic carbocycles. The molecule has 0 atom stereocenters. The summed E-state index contributed by atoms with van der Waals surface area (Å²) in [7, 11) is 0. The molecule has 1 N–H and O–H groups in total. The molecule has 4 aromatic rings. The second-order valence-electron chi connectivity index (χ2n) is 5.81. The van der Waals surface area contributed by atoms with Crippen molar-refractivity contribution >= 4 is 56.0 Å². The van der Waals surface area contributed by atoms with Crippen LogP contribution in [0, 0.1) is 0 Å².